The van der Waals surface area contributed by atoms with Crippen molar-refractivity contribution in [2.75, 3.05) is 5.32 Å². The van der Waals surface area contributed by atoms with Crippen LogP contribution in [0.15, 0.2) is 46.9 Å². The molecule has 2 aromatic rings. The van der Waals surface area contributed by atoms with E-state index in [0.29, 0.717) is 16.5 Å². The number of amides is 3. The van der Waals surface area contributed by atoms with Gasteiger partial charge in [0.15, 0.2) is 5.11 Å². The quantitative estimate of drug-likeness (QED) is 0.316. The van der Waals surface area contributed by atoms with Crippen LogP contribution in [0.1, 0.15) is 24.4 Å². The van der Waals surface area contributed by atoms with E-state index in [2.05, 4.69) is 21.5 Å². The Morgan fingerprint density at radius 3 is 2.48 bits per heavy atom. The Morgan fingerprint density at radius 1 is 1.07 bits per heavy atom. The zero-order valence-electron chi connectivity index (χ0n) is 15.5. The van der Waals surface area contributed by atoms with E-state index in [4.69, 9.17) is 28.2 Å². The van der Waals surface area contributed by atoms with E-state index in [1.54, 1.807) is 43.3 Å². The van der Waals surface area contributed by atoms with E-state index < -0.39 is 11.8 Å². The Bertz CT molecular complexity index is 942. The Hall–Kier alpha value is -3.17. The molecule has 0 fully saturated rings. The molecule has 0 aliphatic carbocycles. The third-order valence-corrected chi connectivity index (χ3v) is 3.97. The molecule has 4 N–H and O–H groups in total. The number of hydrogen-bond acceptors (Lipinski definition) is 5. The Balaban J connectivity index is 1.65. The smallest absolute Gasteiger partial charge is 0.250 e. The van der Waals surface area contributed by atoms with Gasteiger partial charge in [-0.3, -0.25) is 30.6 Å². The average molecular weight is 435 g/mol. The van der Waals surface area contributed by atoms with Crippen LogP contribution in [0.2, 0.25) is 5.02 Å². The number of hydrogen-bond donors (Lipinski definition) is 4. The first-order chi connectivity index (χ1) is 13.8. The van der Waals surface area contributed by atoms with Crippen LogP contribution in [0.25, 0.3) is 6.08 Å². The first-order valence-electron chi connectivity index (χ1n) is 8.52. The van der Waals surface area contributed by atoms with E-state index in [9.17, 15) is 14.4 Å². The number of rotatable bonds is 6. The number of furan rings is 1. The number of benzene rings is 1. The van der Waals surface area contributed by atoms with Crippen LogP contribution in [0.3, 0.4) is 0 Å². The minimum Gasteiger partial charge on any atom is -0.462 e. The third-order valence-electron chi connectivity index (χ3n) is 3.44. The van der Waals surface area contributed by atoms with Crippen LogP contribution in [-0.2, 0) is 14.4 Å². The summed E-state index contributed by atoms with van der Waals surface area (Å²) in [6, 6.07) is 10.3. The molecule has 0 radical (unpaired) electrons. The zero-order chi connectivity index (χ0) is 21.2. The second-order valence-electron chi connectivity index (χ2n) is 5.80. The predicted octanol–water partition coefficient (Wildman–Crippen LogP) is 2.70. The molecule has 152 valence electrons. The summed E-state index contributed by atoms with van der Waals surface area (Å²) in [5, 5.41) is 5.29. The maximum atomic E-state index is 11.9. The second kappa shape index (κ2) is 11.0. The number of aryl methyl sites for hydroxylation is 1. The minimum atomic E-state index is -0.495. The van der Waals surface area contributed by atoms with Crippen LogP contribution in [0.5, 0.6) is 0 Å². The summed E-state index contributed by atoms with van der Waals surface area (Å²) in [6.07, 6.45) is 2.59. The molecule has 0 saturated carbocycles. The van der Waals surface area contributed by atoms with Crippen LogP contribution in [-0.4, -0.2) is 22.8 Å². The highest BCUT2D eigenvalue weighted by Crippen LogP contribution is 2.20. The number of hydrazine groups is 1. The highest BCUT2D eigenvalue weighted by Gasteiger charge is 2.09. The summed E-state index contributed by atoms with van der Waals surface area (Å²) >= 11 is 10.9. The number of anilines is 1. The molecule has 10 heteroatoms. The molecule has 1 aromatic heterocycles. The van der Waals surface area contributed by atoms with Gasteiger partial charge >= 0.3 is 0 Å². The first-order valence-corrected chi connectivity index (χ1v) is 9.31. The van der Waals surface area contributed by atoms with E-state index in [0.717, 1.165) is 5.76 Å². The molecule has 2 rings (SSSR count). The number of para-hydroxylation sites is 1. The highest BCUT2D eigenvalue weighted by atomic mass is 35.5. The summed E-state index contributed by atoms with van der Waals surface area (Å²) in [5.41, 5.74) is 5.16. The average Bonchev–Trinajstić information content (AvgIpc) is 3.10. The Labute approximate surface area is 177 Å². The largest absolute Gasteiger partial charge is 0.462 e. The van der Waals surface area contributed by atoms with Crippen molar-refractivity contribution >= 4 is 58.4 Å². The molecule has 29 heavy (non-hydrogen) atoms. The van der Waals surface area contributed by atoms with E-state index in [1.807, 2.05) is 0 Å². The van der Waals surface area contributed by atoms with Crippen molar-refractivity contribution in [2.24, 2.45) is 0 Å². The standard InChI is InChI=1S/C19H19ClN4O4S/c1-12-6-7-13(28-12)8-9-17(26)22-19(29)24-23-18(27)11-10-16(25)21-15-5-3-2-4-14(15)20/h2-9H,10-11H2,1H3,(H,21,25)(H,23,27)(H2,22,24,26,29)/b9-8+. The molecule has 0 unspecified atom stereocenters. The second-order valence-corrected chi connectivity index (χ2v) is 6.62. The molecule has 0 bridgehead atoms. The van der Waals surface area contributed by atoms with Gasteiger partial charge in [0.2, 0.25) is 17.7 Å². The molecular weight excluding hydrogens is 416 g/mol. The van der Waals surface area contributed by atoms with Crippen molar-refractivity contribution in [2.45, 2.75) is 19.8 Å². The summed E-state index contributed by atoms with van der Waals surface area (Å²) in [7, 11) is 0. The topological polar surface area (TPSA) is 112 Å². The lowest BCUT2D eigenvalue weighted by Gasteiger charge is -2.10. The van der Waals surface area contributed by atoms with Crippen molar-refractivity contribution in [1.82, 2.24) is 16.2 Å². The van der Waals surface area contributed by atoms with Gasteiger partial charge in [-0.2, -0.15) is 0 Å². The lowest BCUT2D eigenvalue weighted by atomic mass is 10.2. The summed E-state index contributed by atoms with van der Waals surface area (Å²) < 4.78 is 5.30. The zero-order valence-corrected chi connectivity index (χ0v) is 17.0. The van der Waals surface area contributed by atoms with Crippen molar-refractivity contribution in [3.8, 4) is 0 Å². The van der Waals surface area contributed by atoms with Gasteiger partial charge in [-0.05, 0) is 49.5 Å². The lowest BCUT2D eigenvalue weighted by Crippen LogP contribution is -2.48. The van der Waals surface area contributed by atoms with Gasteiger partial charge < -0.3 is 9.73 Å². The maximum Gasteiger partial charge on any atom is 0.250 e. The van der Waals surface area contributed by atoms with Crippen molar-refractivity contribution in [3.05, 3.63) is 59.0 Å². The van der Waals surface area contributed by atoms with E-state index in [-0.39, 0.29) is 23.9 Å². The fraction of sp³-hybridized carbons (Fsp3) is 0.158. The van der Waals surface area contributed by atoms with Crippen molar-refractivity contribution in [1.29, 1.82) is 0 Å². The number of thiocarbonyl (C=S) groups is 1. The molecular formula is C19H19ClN4O4S. The third kappa shape index (κ3) is 8.16. The highest BCUT2D eigenvalue weighted by molar-refractivity contribution is 7.80. The van der Waals surface area contributed by atoms with Crippen LogP contribution in [0, 0.1) is 6.92 Å². The van der Waals surface area contributed by atoms with Gasteiger partial charge in [0, 0.05) is 18.9 Å². The molecule has 0 spiro atoms. The summed E-state index contributed by atoms with van der Waals surface area (Å²) in [4.78, 5) is 35.4. The minimum absolute atomic E-state index is 0.0524. The molecule has 1 aromatic carbocycles. The van der Waals surface area contributed by atoms with Gasteiger partial charge in [0.05, 0.1) is 10.7 Å². The van der Waals surface area contributed by atoms with Gasteiger partial charge in [0.1, 0.15) is 11.5 Å². The Kier molecular flexibility index (Phi) is 8.38. The van der Waals surface area contributed by atoms with Crippen LogP contribution >= 0.6 is 23.8 Å². The predicted molar refractivity (Wildman–Crippen MR) is 114 cm³/mol. The van der Waals surface area contributed by atoms with E-state index in [1.165, 1.54) is 12.2 Å². The van der Waals surface area contributed by atoms with Crippen molar-refractivity contribution in [3.63, 3.8) is 0 Å². The summed E-state index contributed by atoms with van der Waals surface area (Å²) in [6.45, 7) is 1.79. The normalized spacial score (nSPS) is 10.4. The number of nitrogens with one attached hydrogen (secondary N) is 4. The first kappa shape index (κ1) is 22.1. The fourth-order valence-electron chi connectivity index (χ4n) is 2.08. The SMILES string of the molecule is Cc1ccc(/C=C/C(=O)NC(=S)NNC(=O)CCC(=O)Nc2ccccc2Cl)o1. The van der Waals surface area contributed by atoms with Gasteiger partial charge in [0.25, 0.3) is 0 Å². The van der Waals surface area contributed by atoms with E-state index >= 15 is 0 Å². The Morgan fingerprint density at radius 2 is 1.79 bits per heavy atom. The molecule has 0 aliphatic heterocycles. The molecule has 0 saturated heterocycles. The molecule has 3 amide bonds. The fourth-order valence-corrected chi connectivity index (χ4v) is 2.41. The maximum absolute atomic E-state index is 11.9. The molecule has 1 heterocycles. The molecule has 0 aliphatic rings. The lowest BCUT2D eigenvalue weighted by molar-refractivity contribution is -0.124. The van der Waals surface area contributed by atoms with Gasteiger partial charge in [-0.25, -0.2) is 0 Å². The monoisotopic (exact) mass is 434 g/mol. The summed E-state index contributed by atoms with van der Waals surface area (Å²) in [5.74, 6) is -0.0738. The van der Waals surface area contributed by atoms with Crippen molar-refractivity contribution < 1.29 is 18.8 Å². The van der Waals surface area contributed by atoms with Crippen LogP contribution in [0.4, 0.5) is 5.69 Å². The number of carbonyl (C=O) groups excluding carboxylic acids is 3. The molecule has 8 nitrogen and oxygen atoms in total. The molecule has 0 atom stereocenters. The van der Waals surface area contributed by atoms with Gasteiger partial charge in [-0.1, -0.05) is 23.7 Å². The number of halogens is 1. The van der Waals surface area contributed by atoms with Crippen LogP contribution < -0.4 is 21.5 Å². The number of carbonyl (C=O) groups is 3. The van der Waals surface area contributed by atoms with Gasteiger partial charge in [-0.15, -0.1) is 0 Å².